The molecule has 0 heterocycles. The number of aliphatic hydroxyl groups excluding tert-OH is 1. The van der Waals surface area contributed by atoms with Crippen molar-refractivity contribution in [2.45, 2.75) is 51.6 Å². The van der Waals surface area contributed by atoms with Gasteiger partial charge in [0.1, 0.15) is 0 Å². The van der Waals surface area contributed by atoms with E-state index >= 15 is 0 Å². The van der Waals surface area contributed by atoms with Crippen molar-refractivity contribution in [2.24, 2.45) is 11.8 Å². The van der Waals surface area contributed by atoms with Crippen molar-refractivity contribution in [3.8, 4) is 0 Å². The zero-order chi connectivity index (χ0) is 10.4. The minimum atomic E-state index is -0.000318. The molecule has 0 aromatic carbocycles. The summed E-state index contributed by atoms with van der Waals surface area (Å²) in [5.41, 5.74) is 0. The summed E-state index contributed by atoms with van der Waals surface area (Å²) < 4.78 is 0. The number of hydrogen-bond acceptors (Lipinski definition) is 2. The van der Waals surface area contributed by atoms with Crippen molar-refractivity contribution in [2.75, 3.05) is 12.0 Å². The molecule has 84 valence electrons. The smallest absolute Gasteiger partial charge is 0.0568 e. The van der Waals surface area contributed by atoms with Crippen LogP contribution in [0.2, 0.25) is 0 Å². The van der Waals surface area contributed by atoms with Gasteiger partial charge in [0.2, 0.25) is 0 Å². The van der Waals surface area contributed by atoms with E-state index in [-0.39, 0.29) is 6.10 Å². The van der Waals surface area contributed by atoms with Gasteiger partial charge in [0.15, 0.2) is 0 Å². The standard InChI is InChI=1S/C12H24OS/c1-3-10-6-7-12(13)11(9-10)5-4-8-14-2/h10-13H,3-9H2,1-2H3. The van der Waals surface area contributed by atoms with Crippen molar-refractivity contribution in [1.29, 1.82) is 0 Å². The Hall–Kier alpha value is 0.310. The first kappa shape index (κ1) is 12.4. The molecule has 3 atom stereocenters. The normalized spacial score (nSPS) is 33.2. The van der Waals surface area contributed by atoms with Gasteiger partial charge in [0, 0.05) is 0 Å². The number of aliphatic hydroxyl groups is 1. The highest BCUT2D eigenvalue weighted by Crippen LogP contribution is 2.33. The maximum atomic E-state index is 9.87. The Labute approximate surface area is 92.7 Å². The molecule has 1 aliphatic carbocycles. The zero-order valence-corrected chi connectivity index (χ0v) is 10.4. The largest absolute Gasteiger partial charge is 0.393 e. The van der Waals surface area contributed by atoms with Gasteiger partial charge in [-0.2, -0.15) is 11.8 Å². The second kappa shape index (κ2) is 6.73. The number of thioether (sulfide) groups is 1. The molecule has 0 aliphatic heterocycles. The van der Waals surface area contributed by atoms with Crippen molar-refractivity contribution in [1.82, 2.24) is 0 Å². The molecule has 14 heavy (non-hydrogen) atoms. The summed E-state index contributed by atoms with van der Waals surface area (Å²) in [6.07, 6.45) is 9.53. The highest BCUT2D eigenvalue weighted by atomic mass is 32.2. The molecule has 0 saturated heterocycles. The van der Waals surface area contributed by atoms with Gasteiger partial charge < -0.3 is 5.11 Å². The van der Waals surface area contributed by atoms with Crippen LogP contribution in [0.25, 0.3) is 0 Å². The molecular formula is C12H24OS. The molecule has 0 aromatic heterocycles. The minimum Gasteiger partial charge on any atom is -0.393 e. The lowest BCUT2D eigenvalue weighted by Gasteiger charge is -2.32. The third kappa shape index (κ3) is 3.82. The molecule has 1 saturated carbocycles. The number of rotatable bonds is 5. The molecule has 1 N–H and O–H groups in total. The average molecular weight is 216 g/mol. The van der Waals surface area contributed by atoms with Gasteiger partial charge in [-0.3, -0.25) is 0 Å². The fraction of sp³-hybridized carbons (Fsp3) is 1.00. The highest BCUT2D eigenvalue weighted by Gasteiger charge is 2.27. The molecule has 0 aromatic rings. The van der Waals surface area contributed by atoms with E-state index in [1.165, 1.54) is 37.9 Å². The van der Waals surface area contributed by atoms with Gasteiger partial charge in [0.05, 0.1) is 6.10 Å². The molecule has 1 rings (SSSR count). The van der Waals surface area contributed by atoms with Crippen LogP contribution in [-0.2, 0) is 0 Å². The molecule has 0 bridgehead atoms. The molecular weight excluding hydrogens is 192 g/mol. The number of hydrogen-bond donors (Lipinski definition) is 1. The van der Waals surface area contributed by atoms with E-state index in [9.17, 15) is 5.11 Å². The van der Waals surface area contributed by atoms with Crippen LogP contribution < -0.4 is 0 Å². The Morgan fingerprint density at radius 1 is 1.36 bits per heavy atom. The topological polar surface area (TPSA) is 20.2 Å². The van der Waals surface area contributed by atoms with Crippen LogP contribution in [0.4, 0.5) is 0 Å². The lowest BCUT2D eigenvalue weighted by Crippen LogP contribution is -2.29. The van der Waals surface area contributed by atoms with Crippen LogP contribution in [0.15, 0.2) is 0 Å². The molecule has 1 nitrogen and oxygen atoms in total. The molecule has 2 heteroatoms. The third-order valence-electron chi connectivity index (χ3n) is 3.55. The van der Waals surface area contributed by atoms with Crippen molar-refractivity contribution >= 4 is 11.8 Å². The van der Waals surface area contributed by atoms with E-state index in [0.717, 1.165) is 12.3 Å². The predicted octanol–water partition coefficient (Wildman–Crippen LogP) is 3.32. The Kier molecular flexibility index (Phi) is 5.95. The van der Waals surface area contributed by atoms with Gasteiger partial charge >= 0.3 is 0 Å². The third-order valence-corrected chi connectivity index (χ3v) is 4.25. The van der Waals surface area contributed by atoms with Gasteiger partial charge in [-0.15, -0.1) is 0 Å². The van der Waals surface area contributed by atoms with Gasteiger partial charge in [-0.1, -0.05) is 13.3 Å². The first-order valence-electron chi connectivity index (χ1n) is 5.95. The average Bonchev–Trinajstić information content (AvgIpc) is 2.21. The monoisotopic (exact) mass is 216 g/mol. The summed E-state index contributed by atoms with van der Waals surface area (Å²) in [5, 5.41) is 9.87. The summed E-state index contributed by atoms with van der Waals surface area (Å²) >= 11 is 1.92. The van der Waals surface area contributed by atoms with E-state index in [1.54, 1.807) is 0 Å². The fourth-order valence-electron chi connectivity index (χ4n) is 2.52. The van der Waals surface area contributed by atoms with E-state index in [2.05, 4.69) is 13.2 Å². The lowest BCUT2D eigenvalue weighted by atomic mass is 9.76. The second-order valence-electron chi connectivity index (χ2n) is 4.55. The van der Waals surface area contributed by atoms with Crippen LogP contribution in [0.3, 0.4) is 0 Å². The van der Waals surface area contributed by atoms with E-state index in [1.807, 2.05) is 11.8 Å². The maximum Gasteiger partial charge on any atom is 0.0568 e. The minimum absolute atomic E-state index is 0.000318. The molecule has 3 unspecified atom stereocenters. The van der Waals surface area contributed by atoms with Crippen molar-refractivity contribution < 1.29 is 5.11 Å². The molecule has 0 amide bonds. The highest BCUT2D eigenvalue weighted by molar-refractivity contribution is 7.98. The quantitative estimate of drug-likeness (QED) is 0.711. The van der Waals surface area contributed by atoms with Crippen molar-refractivity contribution in [3.63, 3.8) is 0 Å². The van der Waals surface area contributed by atoms with Crippen LogP contribution in [0, 0.1) is 11.8 Å². The maximum absolute atomic E-state index is 9.87. The Bertz CT molecular complexity index is 149. The van der Waals surface area contributed by atoms with Crippen molar-refractivity contribution in [3.05, 3.63) is 0 Å². The molecule has 1 fully saturated rings. The molecule has 0 spiro atoms. The van der Waals surface area contributed by atoms with E-state index in [4.69, 9.17) is 0 Å². The summed E-state index contributed by atoms with van der Waals surface area (Å²) in [5.74, 6) is 2.73. The predicted molar refractivity (Wildman–Crippen MR) is 64.7 cm³/mol. The van der Waals surface area contributed by atoms with Gasteiger partial charge in [0.25, 0.3) is 0 Å². The lowest BCUT2D eigenvalue weighted by molar-refractivity contribution is 0.0428. The first-order valence-corrected chi connectivity index (χ1v) is 7.34. The molecule has 1 aliphatic rings. The first-order chi connectivity index (χ1) is 6.77. The summed E-state index contributed by atoms with van der Waals surface area (Å²) in [7, 11) is 0. The fourth-order valence-corrected chi connectivity index (χ4v) is 2.97. The van der Waals surface area contributed by atoms with Crippen LogP contribution >= 0.6 is 11.8 Å². The second-order valence-corrected chi connectivity index (χ2v) is 5.54. The SMILES string of the molecule is CCC1CCC(O)C(CCCSC)C1. The summed E-state index contributed by atoms with van der Waals surface area (Å²) in [6, 6.07) is 0. The zero-order valence-electron chi connectivity index (χ0n) is 9.54. The van der Waals surface area contributed by atoms with E-state index in [0.29, 0.717) is 5.92 Å². The van der Waals surface area contributed by atoms with Crippen LogP contribution in [0.5, 0.6) is 0 Å². The Balaban J connectivity index is 2.25. The Morgan fingerprint density at radius 2 is 2.14 bits per heavy atom. The van der Waals surface area contributed by atoms with E-state index < -0.39 is 0 Å². The Morgan fingerprint density at radius 3 is 2.79 bits per heavy atom. The molecule has 0 radical (unpaired) electrons. The van der Waals surface area contributed by atoms with Gasteiger partial charge in [-0.25, -0.2) is 0 Å². The summed E-state index contributed by atoms with van der Waals surface area (Å²) in [6.45, 7) is 2.28. The van der Waals surface area contributed by atoms with Gasteiger partial charge in [-0.05, 0) is 55.9 Å². The summed E-state index contributed by atoms with van der Waals surface area (Å²) in [4.78, 5) is 0. The van der Waals surface area contributed by atoms with Crippen LogP contribution in [0.1, 0.15) is 45.4 Å². The van der Waals surface area contributed by atoms with Crippen LogP contribution in [-0.4, -0.2) is 23.2 Å².